The molecule has 180 valence electrons. The summed E-state index contributed by atoms with van der Waals surface area (Å²) in [5.41, 5.74) is 4.76. The van der Waals surface area contributed by atoms with Crippen LogP contribution in [-0.2, 0) is 24.8 Å². The van der Waals surface area contributed by atoms with Gasteiger partial charge in [0.2, 0.25) is 5.95 Å². The zero-order valence-corrected chi connectivity index (χ0v) is 20.5. The van der Waals surface area contributed by atoms with Crippen LogP contribution in [0.1, 0.15) is 37.6 Å². The molecule has 4 aromatic rings. The molecule has 2 N–H and O–H groups in total. The first-order valence-corrected chi connectivity index (χ1v) is 12.0. The third kappa shape index (κ3) is 4.49. The van der Waals surface area contributed by atoms with Crippen molar-refractivity contribution in [1.82, 2.24) is 29.6 Å². The number of aromatic nitrogens is 5. The van der Waals surface area contributed by atoms with Crippen LogP contribution in [0, 0.1) is 0 Å². The highest BCUT2D eigenvalue weighted by Crippen LogP contribution is 2.24. The van der Waals surface area contributed by atoms with Gasteiger partial charge in [-0.3, -0.25) is 4.79 Å². The van der Waals surface area contributed by atoms with Crippen LogP contribution in [0.5, 0.6) is 0 Å². The molecule has 1 aromatic carbocycles. The lowest BCUT2D eigenvalue weighted by atomic mass is 9.92. The Hall–Kier alpha value is -3.78. The van der Waals surface area contributed by atoms with Gasteiger partial charge in [-0.05, 0) is 61.3 Å². The fourth-order valence-corrected chi connectivity index (χ4v) is 4.45. The molecule has 0 bridgehead atoms. The number of allylic oxidation sites excluding steroid dienone is 1. The minimum absolute atomic E-state index is 0.134. The number of rotatable bonds is 5. The van der Waals surface area contributed by atoms with Crippen LogP contribution in [-0.4, -0.2) is 37.4 Å². The van der Waals surface area contributed by atoms with Crippen LogP contribution in [0.3, 0.4) is 0 Å². The van der Waals surface area contributed by atoms with E-state index in [0.29, 0.717) is 29.3 Å². The van der Waals surface area contributed by atoms with Gasteiger partial charge in [0.05, 0.1) is 6.54 Å². The maximum absolute atomic E-state index is 13.2. The van der Waals surface area contributed by atoms with Gasteiger partial charge in [0.15, 0.2) is 11.5 Å². The smallest absolute Gasteiger partial charge is 0.278 e. The van der Waals surface area contributed by atoms with Gasteiger partial charge in [0, 0.05) is 23.0 Å². The lowest BCUT2D eigenvalue weighted by Gasteiger charge is -2.19. The summed E-state index contributed by atoms with van der Waals surface area (Å²) in [6, 6.07) is 12.2. The van der Waals surface area contributed by atoms with E-state index in [9.17, 15) is 4.79 Å². The Morgan fingerprint density at radius 1 is 1.11 bits per heavy atom. The summed E-state index contributed by atoms with van der Waals surface area (Å²) in [4.78, 5) is 27.3. The lowest BCUT2D eigenvalue weighted by molar-refractivity contribution is 0.554. The molecule has 0 saturated heterocycles. The van der Waals surface area contributed by atoms with Crippen molar-refractivity contribution < 1.29 is 0 Å². The van der Waals surface area contributed by atoms with E-state index >= 15 is 0 Å². The molecule has 0 unspecified atom stereocenters. The first kappa shape index (κ1) is 23.0. The maximum atomic E-state index is 13.2. The van der Waals surface area contributed by atoms with E-state index < -0.39 is 0 Å². The minimum Gasteiger partial charge on any atom is -0.324 e. The zero-order valence-electron chi connectivity index (χ0n) is 20.5. The molecule has 0 saturated carbocycles. The average Bonchev–Trinajstić information content (AvgIpc) is 2.97. The van der Waals surface area contributed by atoms with Gasteiger partial charge >= 0.3 is 0 Å². The zero-order chi connectivity index (χ0) is 24.6. The fourth-order valence-electron chi connectivity index (χ4n) is 4.45. The molecule has 4 heterocycles. The number of nitrogens with one attached hydrogen (secondary N) is 2. The van der Waals surface area contributed by atoms with E-state index in [1.807, 2.05) is 18.2 Å². The molecule has 1 aliphatic heterocycles. The van der Waals surface area contributed by atoms with E-state index in [2.05, 4.69) is 61.2 Å². The maximum Gasteiger partial charge on any atom is 0.278 e. The molecule has 0 amide bonds. The van der Waals surface area contributed by atoms with Crippen molar-refractivity contribution in [1.29, 1.82) is 0 Å². The summed E-state index contributed by atoms with van der Waals surface area (Å²) in [6.07, 6.45) is 5.30. The van der Waals surface area contributed by atoms with Crippen LogP contribution in [0.25, 0.3) is 16.9 Å². The quantitative estimate of drug-likeness (QED) is 0.431. The van der Waals surface area contributed by atoms with Crippen LogP contribution >= 0.6 is 0 Å². The minimum atomic E-state index is -0.174. The molecule has 0 aliphatic carbocycles. The SMILES string of the molecule is C=CCn1c(=O)c2cnc(Nc3ccc4c(c3)CCNCC4)nc2n1-c1cccc(C(C)(C)C)n1. The molecule has 35 heavy (non-hydrogen) atoms. The normalized spacial score (nSPS) is 13.9. The Balaban J connectivity index is 1.60. The third-order valence-electron chi connectivity index (χ3n) is 6.30. The number of hydrogen-bond acceptors (Lipinski definition) is 6. The van der Waals surface area contributed by atoms with Gasteiger partial charge in [0.25, 0.3) is 5.56 Å². The van der Waals surface area contributed by atoms with Crippen LogP contribution < -0.4 is 16.2 Å². The standard InChI is InChI=1S/C27H31N7O/c1-5-15-33-25(35)21-17-29-26(30-20-10-9-18-11-13-28-14-12-19(18)16-20)32-24(21)34(33)23-8-6-7-22(31-23)27(2,3)4/h5-10,16-17,28H,1,11-15H2,2-4H3,(H,29,30,32). The summed E-state index contributed by atoms with van der Waals surface area (Å²) < 4.78 is 3.37. The summed E-state index contributed by atoms with van der Waals surface area (Å²) in [7, 11) is 0. The van der Waals surface area contributed by atoms with Crippen LogP contribution in [0.4, 0.5) is 11.6 Å². The Morgan fingerprint density at radius 3 is 2.69 bits per heavy atom. The molecule has 8 heteroatoms. The molecular formula is C27H31N7O. The molecule has 0 fully saturated rings. The molecular weight excluding hydrogens is 438 g/mol. The number of hydrogen-bond donors (Lipinski definition) is 2. The van der Waals surface area contributed by atoms with Gasteiger partial charge in [-0.25, -0.2) is 19.3 Å². The Labute approximate surface area is 204 Å². The molecule has 3 aromatic heterocycles. The predicted molar refractivity (Wildman–Crippen MR) is 140 cm³/mol. The largest absolute Gasteiger partial charge is 0.324 e. The van der Waals surface area contributed by atoms with Crippen LogP contribution in [0.15, 0.2) is 60.0 Å². The number of anilines is 2. The van der Waals surface area contributed by atoms with Crippen molar-refractivity contribution >= 4 is 22.7 Å². The summed E-state index contributed by atoms with van der Waals surface area (Å²) in [6.45, 7) is 12.5. The summed E-state index contributed by atoms with van der Waals surface area (Å²) in [5.74, 6) is 1.06. The molecule has 0 atom stereocenters. The first-order chi connectivity index (χ1) is 16.8. The first-order valence-electron chi connectivity index (χ1n) is 12.0. The van der Waals surface area contributed by atoms with Crippen molar-refractivity contribution in [2.45, 2.75) is 45.6 Å². The van der Waals surface area contributed by atoms with Gasteiger partial charge in [-0.2, -0.15) is 4.98 Å². The van der Waals surface area contributed by atoms with E-state index in [4.69, 9.17) is 9.97 Å². The Bertz CT molecular complexity index is 1460. The van der Waals surface area contributed by atoms with E-state index in [1.165, 1.54) is 11.1 Å². The van der Waals surface area contributed by atoms with E-state index in [1.54, 1.807) is 21.6 Å². The molecule has 0 radical (unpaired) electrons. The number of benzene rings is 1. The van der Waals surface area contributed by atoms with Gasteiger partial charge in [-0.1, -0.05) is 39.0 Å². The van der Waals surface area contributed by atoms with Gasteiger partial charge in [-0.15, -0.1) is 6.58 Å². The monoisotopic (exact) mass is 469 g/mol. The number of fused-ring (bicyclic) bond motifs is 2. The molecule has 1 aliphatic rings. The molecule has 8 nitrogen and oxygen atoms in total. The Kier molecular flexibility index (Phi) is 5.98. The number of nitrogens with zero attached hydrogens (tertiary/aromatic N) is 5. The number of pyridine rings is 1. The van der Waals surface area contributed by atoms with Crippen molar-refractivity contribution in [2.24, 2.45) is 0 Å². The van der Waals surface area contributed by atoms with Crippen LogP contribution in [0.2, 0.25) is 0 Å². The second kappa shape index (κ2) is 9.11. The Morgan fingerprint density at radius 2 is 1.91 bits per heavy atom. The highest BCUT2D eigenvalue weighted by atomic mass is 16.1. The van der Waals surface area contributed by atoms with E-state index in [-0.39, 0.29) is 11.0 Å². The summed E-state index contributed by atoms with van der Waals surface area (Å²) >= 11 is 0. The van der Waals surface area contributed by atoms with Crippen molar-refractivity contribution in [3.8, 4) is 5.82 Å². The highest BCUT2D eigenvalue weighted by molar-refractivity contribution is 5.77. The molecule has 0 spiro atoms. The van der Waals surface area contributed by atoms with Crippen molar-refractivity contribution in [3.05, 3.63) is 82.4 Å². The topological polar surface area (TPSA) is 89.7 Å². The van der Waals surface area contributed by atoms with E-state index in [0.717, 1.165) is 37.3 Å². The fraction of sp³-hybridized carbons (Fsp3) is 0.333. The average molecular weight is 470 g/mol. The van der Waals surface area contributed by atoms with Gasteiger partial charge in [0.1, 0.15) is 5.39 Å². The third-order valence-corrected chi connectivity index (χ3v) is 6.30. The van der Waals surface area contributed by atoms with Gasteiger partial charge < -0.3 is 10.6 Å². The molecule has 5 rings (SSSR count). The second-order valence-electron chi connectivity index (χ2n) is 9.91. The van der Waals surface area contributed by atoms with Crippen molar-refractivity contribution in [3.63, 3.8) is 0 Å². The second-order valence-corrected chi connectivity index (χ2v) is 9.91. The predicted octanol–water partition coefficient (Wildman–Crippen LogP) is 3.89. The lowest BCUT2D eigenvalue weighted by Crippen LogP contribution is -2.23. The highest BCUT2D eigenvalue weighted by Gasteiger charge is 2.21. The van der Waals surface area contributed by atoms with Crippen molar-refractivity contribution in [2.75, 3.05) is 18.4 Å². The summed E-state index contributed by atoms with van der Waals surface area (Å²) in [5, 5.41) is 7.22.